The molecule has 1 heterocycles. The second-order valence-electron chi connectivity index (χ2n) is 14.6. The van der Waals surface area contributed by atoms with Crippen molar-refractivity contribution >= 4 is 23.9 Å². The number of hydrogen-bond donors (Lipinski definition) is 3. The first kappa shape index (κ1) is 48.2. The number of unbranched alkanes of at least 4 members (excludes halogenated alkanes) is 3. The van der Waals surface area contributed by atoms with Crippen molar-refractivity contribution < 1.29 is 56.4 Å². The van der Waals surface area contributed by atoms with Crippen LogP contribution < -0.4 is 16.0 Å². The maximum absolute atomic E-state index is 16.6. The van der Waals surface area contributed by atoms with Gasteiger partial charge in [0.25, 0.3) is 5.92 Å². The lowest BCUT2D eigenvalue weighted by atomic mass is 9.91. The Balaban J connectivity index is 1.78. The van der Waals surface area contributed by atoms with Gasteiger partial charge in [-0.25, -0.2) is 18.4 Å². The molecular weight excluding hydrogens is 756 g/mol. The number of benzene rings is 2. The van der Waals surface area contributed by atoms with E-state index in [1.807, 2.05) is 26.8 Å². The van der Waals surface area contributed by atoms with Gasteiger partial charge >= 0.3 is 12.1 Å². The minimum Gasteiger partial charge on any atom is -0.459 e. The molecule has 0 bridgehead atoms. The van der Waals surface area contributed by atoms with E-state index < -0.39 is 78.8 Å². The molecule has 2 aromatic rings. The zero-order valence-corrected chi connectivity index (χ0v) is 34.6. The summed E-state index contributed by atoms with van der Waals surface area (Å²) >= 11 is 0. The molecule has 0 saturated carbocycles. The Labute approximate surface area is 341 Å². The molecule has 58 heavy (non-hydrogen) atoms. The largest absolute Gasteiger partial charge is 0.459 e. The van der Waals surface area contributed by atoms with Gasteiger partial charge in [-0.3, -0.25) is 9.59 Å². The molecule has 0 radical (unpaired) electrons. The first-order valence-electron chi connectivity index (χ1n) is 20.5. The van der Waals surface area contributed by atoms with Crippen molar-refractivity contribution in [3.8, 4) is 0 Å². The van der Waals surface area contributed by atoms with Gasteiger partial charge in [-0.05, 0) is 44.2 Å². The zero-order valence-electron chi connectivity index (χ0n) is 34.6. The maximum atomic E-state index is 16.6. The van der Waals surface area contributed by atoms with Crippen LogP contribution in [0, 0.1) is 0 Å². The predicted molar refractivity (Wildman–Crippen MR) is 213 cm³/mol. The third-order valence-corrected chi connectivity index (χ3v) is 9.54. The Morgan fingerprint density at radius 3 is 1.90 bits per heavy atom. The highest BCUT2D eigenvalue weighted by Crippen LogP contribution is 2.37. The van der Waals surface area contributed by atoms with Gasteiger partial charge in [0.15, 0.2) is 0 Å². The number of amides is 3. The lowest BCUT2D eigenvalue weighted by molar-refractivity contribution is -0.260. The van der Waals surface area contributed by atoms with Gasteiger partial charge < -0.3 is 44.4 Å². The Morgan fingerprint density at radius 1 is 0.741 bits per heavy atom. The van der Waals surface area contributed by atoms with Crippen LogP contribution in [0.1, 0.15) is 97.1 Å². The third kappa shape index (κ3) is 17.0. The first-order valence-corrected chi connectivity index (χ1v) is 20.5. The molecule has 1 fully saturated rings. The minimum atomic E-state index is -3.71. The number of alkyl halides is 2. The first-order chi connectivity index (χ1) is 27.9. The summed E-state index contributed by atoms with van der Waals surface area (Å²) in [6, 6.07) is 13.4. The molecule has 1 unspecified atom stereocenters. The number of alkyl carbamates (subject to hydrolysis) is 1. The van der Waals surface area contributed by atoms with Crippen LogP contribution in [0.5, 0.6) is 0 Å². The molecule has 0 aliphatic carbocycles. The fourth-order valence-electron chi connectivity index (χ4n) is 6.05. The van der Waals surface area contributed by atoms with Crippen LogP contribution >= 0.6 is 0 Å². The summed E-state index contributed by atoms with van der Waals surface area (Å²) in [6.07, 6.45) is -1.78. The van der Waals surface area contributed by atoms with Crippen molar-refractivity contribution in [2.45, 2.75) is 148 Å². The third-order valence-electron chi connectivity index (χ3n) is 9.54. The fourth-order valence-corrected chi connectivity index (χ4v) is 6.05. The van der Waals surface area contributed by atoms with Gasteiger partial charge in [0.1, 0.15) is 49.7 Å². The summed E-state index contributed by atoms with van der Waals surface area (Å²) in [5.74, 6) is -6.28. The highest BCUT2D eigenvalue weighted by Gasteiger charge is 2.52. The summed E-state index contributed by atoms with van der Waals surface area (Å²) in [7, 11) is 0. The summed E-state index contributed by atoms with van der Waals surface area (Å²) < 4.78 is 68.1. The monoisotopic (exact) mass is 819 g/mol. The smallest absolute Gasteiger partial charge is 0.408 e. The molecule has 2 aromatic carbocycles. The second kappa shape index (κ2) is 26.0. The van der Waals surface area contributed by atoms with E-state index in [1.54, 1.807) is 54.6 Å². The molecule has 0 aromatic heterocycles. The van der Waals surface area contributed by atoms with Gasteiger partial charge in [-0.15, -0.1) is 0 Å². The molecule has 1 aliphatic heterocycles. The van der Waals surface area contributed by atoms with Crippen LogP contribution in [0.15, 0.2) is 60.7 Å². The van der Waals surface area contributed by atoms with Crippen LogP contribution in [0.3, 0.4) is 0 Å². The molecule has 1 aliphatic rings. The van der Waals surface area contributed by atoms with Crippen LogP contribution in [-0.4, -0.2) is 98.8 Å². The van der Waals surface area contributed by atoms with E-state index in [-0.39, 0.29) is 26.2 Å². The van der Waals surface area contributed by atoms with E-state index in [1.165, 1.54) is 13.8 Å². The number of rotatable bonds is 26. The molecular formula is C43H63F2N3O10. The predicted octanol–water partition coefficient (Wildman–Crippen LogP) is 6.40. The van der Waals surface area contributed by atoms with E-state index in [0.717, 1.165) is 37.7 Å². The standard InChI is InChI=1S/C43H63F2N3O10/c1-6-9-22-53-29-36-38(55-24-11-8-3)35(54-23-10-7-2)25-37(58-36)43(44,45)26-34(48-42(52)57-28-33-20-16-13-17-21-33)40(50)46-30(4)39(49)47-31(5)41(51)56-27-32-18-14-12-15-19-32/h12-21,30-31,34-38H,6-11,22-29H2,1-5H3,(H,46,50)(H,47,49)(H,48,52)/t30-,31-,34?,35+,36+,37+,38+/m0/s1. The molecule has 1 saturated heterocycles. The summed E-state index contributed by atoms with van der Waals surface area (Å²) in [6.45, 7) is 9.71. The van der Waals surface area contributed by atoms with Crippen LogP contribution in [-0.2, 0) is 56.0 Å². The molecule has 3 N–H and O–H groups in total. The van der Waals surface area contributed by atoms with Gasteiger partial charge in [-0.2, -0.15) is 0 Å². The van der Waals surface area contributed by atoms with Crippen molar-refractivity contribution in [1.29, 1.82) is 0 Å². The molecule has 3 amide bonds. The quantitative estimate of drug-likeness (QED) is 0.0716. The Bertz CT molecular complexity index is 1510. The highest BCUT2D eigenvalue weighted by molar-refractivity contribution is 5.92. The Kier molecular flexibility index (Phi) is 21.6. The molecule has 7 atom stereocenters. The van der Waals surface area contributed by atoms with Crippen LogP contribution in [0.4, 0.5) is 13.6 Å². The summed E-state index contributed by atoms with van der Waals surface area (Å²) in [5, 5.41) is 7.15. The number of carbonyl (C=O) groups is 4. The van der Waals surface area contributed by atoms with Crippen molar-refractivity contribution in [2.75, 3.05) is 26.4 Å². The van der Waals surface area contributed by atoms with Gasteiger partial charge in [0, 0.05) is 32.7 Å². The number of esters is 1. The van der Waals surface area contributed by atoms with Gasteiger partial charge in [0.05, 0.1) is 12.7 Å². The average molecular weight is 820 g/mol. The van der Waals surface area contributed by atoms with Crippen molar-refractivity contribution in [3.63, 3.8) is 0 Å². The zero-order chi connectivity index (χ0) is 42.3. The van der Waals surface area contributed by atoms with Gasteiger partial charge in [-0.1, -0.05) is 101 Å². The number of halogens is 2. The van der Waals surface area contributed by atoms with Crippen LogP contribution in [0.2, 0.25) is 0 Å². The highest BCUT2D eigenvalue weighted by atomic mass is 19.3. The molecule has 324 valence electrons. The van der Waals surface area contributed by atoms with Gasteiger partial charge in [0.2, 0.25) is 11.8 Å². The number of hydrogen-bond acceptors (Lipinski definition) is 10. The minimum absolute atomic E-state index is 0.00413. The van der Waals surface area contributed by atoms with E-state index in [9.17, 15) is 19.2 Å². The number of nitrogens with one attached hydrogen (secondary N) is 3. The second-order valence-corrected chi connectivity index (χ2v) is 14.6. The molecule has 3 rings (SSSR count). The van der Waals surface area contributed by atoms with E-state index in [0.29, 0.717) is 31.8 Å². The fraction of sp³-hybridized carbons (Fsp3) is 0.628. The summed E-state index contributed by atoms with van der Waals surface area (Å²) in [5.41, 5.74) is 1.39. The number of ether oxygens (including phenoxy) is 6. The SMILES string of the molecule is CCCCOC[C@H]1O[C@@H](C(F)(F)CC(NC(=O)OCc2ccccc2)C(=O)N[C@@H](C)C(=O)N[C@@H](C)C(=O)OCc2ccccc2)C[C@@H](OCCCC)[C@H]1OCCCC. The molecule has 0 spiro atoms. The normalized spacial score (nSPS) is 19.6. The number of carbonyl (C=O) groups excluding carboxylic acids is 4. The van der Waals surface area contributed by atoms with Crippen molar-refractivity contribution in [3.05, 3.63) is 71.8 Å². The topological polar surface area (TPSA) is 160 Å². The van der Waals surface area contributed by atoms with E-state index in [2.05, 4.69) is 16.0 Å². The average Bonchev–Trinajstić information content (AvgIpc) is 3.21. The van der Waals surface area contributed by atoms with E-state index in [4.69, 9.17) is 28.4 Å². The van der Waals surface area contributed by atoms with Crippen LogP contribution in [0.25, 0.3) is 0 Å². The maximum Gasteiger partial charge on any atom is 0.408 e. The van der Waals surface area contributed by atoms with Crippen molar-refractivity contribution in [1.82, 2.24) is 16.0 Å². The Morgan fingerprint density at radius 2 is 1.29 bits per heavy atom. The van der Waals surface area contributed by atoms with Crippen molar-refractivity contribution in [2.24, 2.45) is 0 Å². The lowest BCUT2D eigenvalue weighted by Crippen LogP contribution is -2.59. The molecule has 15 heteroatoms. The lowest BCUT2D eigenvalue weighted by Gasteiger charge is -2.44. The molecule has 13 nitrogen and oxygen atoms in total. The van der Waals surface area contributed by atoms with E-state index >= 15 is 8.78 Å². The summed E-state index contributed by atoms with van der Waals surface area (Å²) in [4.78, 5) is 52.4. The Hall–Kier alpha value is -4.18.